The second-order valence-electron chi connectivity index (χ2n) is 8.08. The number of anilines is 2. The molecule has 35 heavy (non-hydrogen) atoms. The number of rotatable bonds is 10. The molecular formula is C25H26BrClN2O6. The number of esters is 2. The molecule has 1 aliphatic rings. The van der Waals surface area contributed by atoms with Crippen LogP contribution >= 0.6 is 27.5 Å². The van der Waals surface area contributed by atoms with Crippen LogP contribution in [0.15, 0.2) is 46.9 Å². The largest absolute Gasteiger partial charge is 0.462 e. The number of amides is 2. The van der Waals surface area contributed by atoms with Crippen molar-refractivity contribution in [3.63, 3.8) is 0 Å². The van der Waals surface area contributed by atoms with Crippen LogP contribution in [0.5, 0.6) is 0 Å². The molecule has 0 aromatic heterocycles. The Kier molecular flexibility index (Phi) is 9.68. The average molecular weight is 566 g/mol. The van der Waals surface area contributed by atoms with Crippen LogP contribution in [-0.4, -0.2) is 43.5 Å². The zero-order valence-electron chi connectivity index (χ0n) is 19.2. The molecule has 8 nitrogen and oxygen atoms in total. The van der Waals surface area contributed by atoms with Gasteiger partial charge in [-0.05, 0) is 48.9 Å². The van der Waals surface area contributed by atoms with Crippen molar-refractivity contribution in [2.45, 2.75) is 32.6 Å². The minimum atomic E-state index is -0.699. The number of hydrogen-bond acceptors (Lipinski definition) is 6. The van der Waals surface area contributed by atoms with Gasteiger partial charge < -0.3 is 19.7 Å². The third-order valence-corrected chi connectivity index (χ3v) is 6.21. The van der Waals surface area contributed by atoms with E-state index in [2.05, 4.69) is 28.2 Å². The number of carbonyl (C=O) groups is 4. The zero-order chi connectivity index (χ0) is 25.4. The maximum atomic E-state index is 12.5. The molecule has 1 saturated heterocycles. The highest BCUT2D eigenvalue weighted by Crippen LogP contribution is 2.27. The second kappa shape index (κ2) is 12.7. The lowest BCUT2D eigenvalue weighted by molar-refractivity contribution is -0.151. The molecule has 10 heteroatoms. The maximum Gasteiger partial charge on any atom is 0.338 e. The quantitative estimate of drug-likeness (QED) is 0.322. The molecule has 0 bridgehead atoms. The Morgan fingerprint density at radius 2 is 1.86 bits per heavy atom. The molecule has 2 aromatic carbocycles. The van der Waals surface area contributed by atoms with E-state index in [0.717, 1.165) is 23.7 Å². The Bertz CT molecular complexity index is 1090. The van der Waals surface area contributed by atoms with Crippen molar-refractivity contribution >= 4 is 62.7 Å². The molecule has 186 valence electrons. The van der Waals surface area contributed by atoms with Crippen LogP contribution in [0, 0.1) is 5.92 Å². The van der Waals surface area contributed by atoms with Crippen LogP contribution < -0.4 is 10.2 Å². The summed E-state index contributed by atoms with van der Waals surface area (Å²) in [6.45, 7) is 2.07. The van der Waals surface area contributed by atoms with Gasteiger partial charge in [-0.3, -0.25) is 14.4 Å². The van der Waals surface area contributed by atoms with Gasteiger partial charge in [0.05, 0.1) is 28.8 Å². The van der Waals surface area contributed by atoms with E-state index in [1.165, 1.54) is 4.90 Å². The van der Waals surface area contributed by atoms with Crippen molar-refractivity contribution in [1.82, 2.24) is 0 Å². The highest BCUT2D eigenvalue weighted by atomic mass is 79.9. The summed E-state index contributed by atoms with van der Waals surface area (Å²) in [6.07, 6.45) is 2.83. The Balaban J connectivity index is 1.49. The minimum absolute atomic E-state index is 0.0276. The highest BCUT2D eigenvalue weighted by molar-refractivity contribution is 9.10. The fraction of sp³-hybridized carbons (Fsp3) is 0.360. The molecule has 1 heterocycles. The number of benzene rings is 2. The second-order valence-corrected chi connectivity index (χ2v) is 9.40. The van der Waals surface area contributed by atoms with E-state index in [0.29, 0.717) is 28.6 Å². The van der Waals surface area contributed by atoms with E-state index in [-0.39, 0.29) is 18.9 Å². The van der Waals surface area contributed by atoms with Crippen LogP contribution in [0.4, 0.5) is 11.4 Å². The van der Waals surface area contributed by atoms with Crippen molar-refractivity contribution in [3.05, 3.63) is 57.5 Å². The highest BCUT2D eigenvalue weighted by Gasteiger charge is 2.36. The lowest BCUT2D eigenvalue weighted by atomic mass is 10.1. The van der Waals surface area contributed by atoms with Crippen molar-refractivity contribution in [2.24, 2.45) is 5.92 Å². The molecule has 1 fully saturated rings. The third-order valence-electron chi connectivity index (χ3n) is 5.40. The summed E-state index contributed by atoms with van der Waals surface area (Å²) < 4.78 is 11.1. The molecule has 0 radical (unpaired) electrons. The lowest BCUT2D eigenvalue weighted by Gasteiger charge is -2.17. The average Bonchev–Trinajstić information content (AvgIpc) is 3.23. The first-order valence-corrected chi connectivity index (χ1v) is 12.4. The summed E-state index contributed by atoms with van der Waals surface area (Å²) in [5, 5.41) is 2.92. The first-order valence-electron chi connectivity index (χ1n) is 11.3. The third kappa shape index (κ3) is 7.53. The predicted octanol–water partition coefficient (Wildman–Crippen LogP) is 4.98. The summed E-state index contributed by atoms with van der Waals surface area (Å²) in [7, 11) is 0. The molecule has 0 unspecified atom stereocenters. The molecular weight excluding hydrogens is 540 g/mol. The van der Waals surface area contributed by atoms with Gasteiger partial charge in [-0.25, -0.2) is 4.79 Å². The predicted molar refractivity (Wildman–Crippen MR) is 135 cm³/mol. The maximum absolute atomic E-state index is 12.5. The molecule has 1 aliphatic heterocycles. The summed E-state index contributed by atoms with van der Waals surface area (Å²) in [5.74, 6) is -2.53. The van der Waals surface area contributed by atoms with Crippen LogP contribution in [-0.2, 0) is 23.9 Å². The van der Waals surface area contributed by atoms with Gasteiger partial charge in [0.2, 0.25) is 5.91 Å². The molecule has 1 atom stereocenters. The fourth-order valence-electron chi connectivity index (χ4n) is 3.52. The number of nitrogens with one attached hydrogen (secondary N) is 1. The molecule has 3 rings (SSSR count). The SMILES string of the molecule is CCCCCOC(=O)c1ccc(N2C[C@@H](C(=O)OCC(=O)Nc3ccc(Br)cc3Cl)CC2=O)cc1. The van der Waals surface area contributed by atoms with Gasteiger partial charge >= 0.3 is 11.9 Å². The molecule has 1 N–H and O–H groups in total. The summed E-state index contributed by atoms with van der Waals surface area (Å²) in [6, 6.07) is 11.4. The minimum Gasteiger partial charge on any atom is -0.462 e. The first-order chi connectivity index (χ1) is 16.8. The van der Waals surface area contributed by atoms with Crippen LogP contribution in [0.25, 0.3) is 0 Å². The zero-order valence-corrected chi connectivity index (χ0v) is 21.6. The number of unbranched alkanes of at least 4 members (excludes halogenated alkanes) is 2. The molecule has 0 spiro atoms. The summed E-state index contributed by atoms with van der Waals surface area (Å²) >= 11 is 9.35. The number of carbonyl (C=O) groups excluding carboxylic acids is 4. The molecule has 0 aliphatic carbocycles. The van der Waals surface area contributed by atoms with Gasteiger partial charge in [-0.2, -0.15) is 0 Å². The van der Waals surface area contributed by atoms with Gasteiger partial charge in [-0.15, -0.1) is 0 Å². The van der Waals surface area contributed by atoms with Crippen molar-refractivity contribution in [2.75, 3.05) is 30.0 Å². The van der Waals surface area contributed by atoms with E-state index in [1.54, 1.807) is 42.5 Å². The monoisotopic (exact) mass is 564 g/mol. The van der Waals surface area contributed by atoms with Gasteiger partial charge in [0.1, 0.15) is 0 Å². The van der Waals surface area contributed by atoms with Gasteiger partial charge in [0, 0.05) is 23.1 Å². The van der Waals surface area contributed by atoms with Crippen LogP contribution in [0.3, 0.4) is 0 Å². The van der Waals surface area contributed by atoms with E-state index < -0.39 is 30.4 Å². The number of nitrogens with zero attached hydrogens (tertiary/aromatic N) is 1. The van der Waals surface area contributed by atoms with Crippen molar-refractivity contribution in [1.29, 1.82) is 0 Å². The molecule has 2 aromatic rings. The van der Waals surface area contributed by atoms with Gasteiger partial charge in [0.25, 0.3) is 5.91 Å². The summed E-state index contributed by atoms with van der Waals surface area (Å²) in [4.78, 5) is 50.6. The Hall–Kier alpha value is -2.91. The Morgan fingerprint density at radius 1 is 1.11 bits per heavy atom. The van der Waals surface area contributed by atoms with E-state index in [4.69, 9.17) is 21.1 Å². The standard InChI is InChI=1S/C25H26BrClN2O6/c1-2-3-4-11-34-24(32)16-5-8-19(9-6-16)29-14-17(12-23(29)31)25(33)35-15-22(30)28-21-10-7-18(26)13-20(21)27/h5-10,13,17H,2-4,11-12,14-15H2,1H3,(H,28,30)/t17-/m0/s1. The Morgan fingerprint density at radius 3 is 2.54 bits per heavy atom. The van der Waals surface area contributed by atoms with Crippen LogP contribution in [0.1, 0.15) is 43.0 Å². The first kappa shape index (κ1) is 26.7. The fourth-order valence-corrected chi connectivity index (χ4v) is 4.25. The Labute approximate surface area is 217 Å². The van der Waals surface area contributed by atoms with Gasteiger partial charge in [-0.1, -0.05) is 47.3 Å². The van der Waals surface area contributed by atoms with Crippen LogP contribution in [0.2, 0.25) is 5.02 Å². The van der Waals surface area contributed by atoms with Crippen molar-refractivity contribution < 1.29 is 28.7 Å². The normalized spacial score (nSPS) is 15.1. The van der Waals surface area contributed by atoms with E-state index in [9.17, 15) is 19.2 Å². The van der Waals surface area contributed by atoms with E-state index >= 15 is 0 Å². The van der Waals surface area contributed by atoms with E-state index in [1.807, 2.05) is 0 Å². The van der Waals surface area contributed by atoms with Crippen molar-refractivity contribution in [3.8, 4) is 0 Å². The number of ether oxygens (including phenoxy) is 2. The summed E-state index contributed by atoms with van der Waals surface area (Å²) in [5.41, 5.74) is 1.35. The number of hydrogen-bond donors (Lipinski definition) is 1. The number of halogens is 2. The topological polar surface area (TPSA) is 102 Å². The smallest absolute Gasteiger partial charge is 0.338 e. The molecule has 2 amide bonds. The molecule has 0 saturated carbocycles. The lowest BCUT2D eigenvalue weighted by Crippen LogP contribution is -2.28. The van der Waals surface area contributed by atoms with Gasteiger partial charge in [0.15, 0.2) is 6.61 Å².